The topological polar surface area (TPSA) is 67.6 Å². The first-order valence-electron chi connectivity index (χ1n) is 5.59. The van der Waals surface area contributed by atoms with Crippen molar-refractivity contribution in [2.24, 2.45) is 13.0 Å². The molecular formula is C12H14N4OS. The fourth-order valence-electron chi connectivity index (χ4n) is 1.53. The van der Waals surface area contributed by atoms with Gasteiger partial charge in [-0.3, -0.25) is 0 Å². The lowest BCUT2D eigenvalue weighted by Crippen LogP contribution is -1.98. The number of aryl methyl sites for hydroxylation is 1. The maximum atomic E-state index is 8.76. The molecule has 0 aromatic carbocycles. The first-order chi connectivity index (χ1) is 8.63. The number of hydrogen-bond donors (Lipinski definition) is 0. The number of furan rings is 1. The van der Waals surface area contributed by atoms with Crippen molar-refractivity contribution in [3.05, 3.63) is 18.1 Å². The lowest BCUT2D eigenvalue weighted by Gasteiger charge is -2.03. The molecule has 0 aliphatic heterocycles. The van der Waals surface area contributed by atoms with Crippen LogP contribution in [0.4, 0.5) is 0 Å². The van der Waals surface area contributed by atoms with E-state index in [-0.39, 0.29) is 5.92 Å². The Hall–Kier alpha value is -1.74. The van der Waals surface area contributed by atoms with E-state index in [1.165, 1.54) is 11.8 Å². The van der Waals surface area contributed by atoms with Crippen LogP contribution in [-0.2, 0) is 7.05 Å². The summed E-state index contributed by atoms with van der Waals surface area (Å²) >= 11 is 1.54. The monoisotopic (exact) mass is 262 g/mol. The highest BCUT2D eigenvalue weighted by Crippen LogP contribution is 2.26. The quantitative estimate of drug-likeness (QED) is 0.792. The van der Waals surface area contributed by atoms with Crippen molar-refractivity contribution < 1.29 is 4.42 Å². The molecular weight excluding hydrogens is 248 g/mol. The molecule has 2 heterocycles. The van der Waals surface area contributed by atoms with Crippen molar-refractivity contribution in [1.82, 2.24) is 14.8 Å². The van der Waals surface area contributed by atoms with Gasteiger partial charge in [0.05, 0.1) is 23.8 Å². The van der Waals surface area contributed by atoms with Crippen LogP contribution in [0.3, 0.4) is 0 Å². The molecule has 1 atom stereocenters. The van der Waals surface area contributed by atoms with Crippen LogP contribution in [0.1, 0.15) is 12.7 Å². The first-order valence-corrected chi connectivity index (χ1v) is 6.58. The molecule has 94 valence electrons. The number of nitriles is 1. The van der Waals surface area contributed by atoms with E-state index in [1.54, 1.807) is 6.26 Å². The smallest absolute Gasteiger partial charge is 0.191 e. The van der Waals surface area contributed by atoms with E-state index in [2.05, 4.69) is 16.3 Å². The maximum absolute atomic E-state index is 8.76. The standard InChI is InChI=1S/C12H14N4OS/c1-8(6-13)7-18-12-15-14-11(16(12)3)10-4-5-17-9(10)2/h4-5,8H,7H2,1-3H3/t8-/m1/s1. The molecule has 2 aromatic rings. The molecule has 0 aliphatic rings. The summed E-state index contributed by atoms with van der Waals surface area (Å²) in [5, 5.41) is 17.9. The van der Waals surface area contributed by atoms with Gasteiger partial charge in [0.2, 0.25) is 0 Å². The third-order valence-corrected chi connectivity index (χ3v) is 3.90. The Morgan fingerprint density at radius 2 is 2.33 bits per heavy atom. The third-order valence-electron chi connectivity index (χ3n) is 2.62. The highest BCUT2D eigenvalue weighted by atomic mass is 32.2. The molecule has 0 fully saturated rings. The van der Waals surface area contributed by atoms with Gasteiger partial charge in [0.15, 0.2) is 11.0 Å². The minimum atomic E-state index is 0.00538. The largest absolute Gasteiger partial charge is 0.469 e. The van der Waals surface area contributed by atoms with Gasteiger partial charge in [-0.15, -0.1) is 10.2 Å². The van der Waals surface area contributed by atoms with Gasteiger partial charge in [-0.2, -0.15) is 5.26 Å². The predicted octanol–water partition coefficient (Wildman–Crippen LogP) is 2.64. The Labute approximate surface area is 110 Å². The summed E-state index contributed by atoms with van der Waals surface area (Å²) in [6, 6.07) is 4.09. The molecule has 0 bridgehead atoms. The Morgan fingerprint density at radius 3 is 2.94 bits per heavy atom. The molecule has 0 unspecified atom stereocenters. The molecule has 0 amide bonds. The summed E-state index contributed by atoms with van der Waals surface area (Å²) in [5.74, 6) is 2.33. The van der Waals surface area contributed by atoms with E-state index in [0.29, 0.717) is 5.75 Å². The first kappa shape index (κ1) is 12.7. The summed E-state index contributed by atoms with van der Waals surface area (Å²) in [4.78, 5) is 0. The zero-order chi connectivity index (χ0) is 13.1. The molecule has 0 N–H and O–H groups in total. The van der Waals surface area contributed by atoms with Crippen molar-refractivity contribution >= 4 is 11.8 Å². The molecule has 2 aromatic heterocycles. The fraction of sp³-hybridized carbons (Fsp3) is 0.417. The summed E-state index contributed by atoms with van der Waals surface area (Å²) in [7, 11) is 1.92. The van der Waals surface area contributed by atoms with Crippen LogP contribution in [0.15, 0.2) is 21.9 Å². The molecule has 0 saturated carbocycles. The second-order valence-corrected chi connectivity index (χ2v) is 5.08. The second kappa shape index (κ2) is 5.27. The van der Waals surface area contributed by atoms with Crippen LogP contribution < -0.4 is 0 Å². The average molecular weight is 262 g/mol. The van der Waals surface area contributed by atoms with Gasteiger partial charge in [-0.25, -0.2) is 0 Å². The van der Waals surface area contributed by atoms with Crippen LogP contribution in [0.2, 0.25) is 0 Å². The molecule has 18 heavy (non-hydrogen) atoms. The van der Waals surface area contributed by atoms with Gasteiger partial charge >= 0.3 is 0 Å². The summed E-state index contributed by atoms with van der Waals surface area (Å²) in [6.07, 6.45) is 1.64. The van der Waals surface area contributed by atoms with Crippen molar-refractivity contribution in [2.75, 3.05) is 5.75 Å². The van der Waals surface area contributed by atoms with Gasteiger partial charge in [-0.05, 0) is 19.9 Å². The minimum absolute atomic E-state index is 0.00538. The number of hydrogen-bond acceptors (Lipinski definition) is 5. The molecule has 0 radical (unpaired) electrons. The molecule has 0 aliphatic carbocycles. The van der Waals surface area contributed by atoms with Crippen molar-refractivity contribution in [2.45, 2.75) is 19.0 Å². The van der Waals surface area contributed by atoms with Crippen LogP contribution in [-0.4, -0.2) is 20.5 Å². The third kappa shape index (κ3) is 2.41. The fourth-order valence-corrected chi connectivity index (χ4v) is 2.38. The SMILES string of the molecule is Cc1occc1-c1nnc(SC[C@H](C)C#N)n1C. The van der Waals surface area contributed by atoms with E-state index in [0.717, 1.165) is 22.3 Å². The Balaban J connectivity index is 2.20. The van der Waals surface area contributed by atoms with Crippen molar-refractivity contribution in [1.29, 1.82) is 5.26 Å². The van der Waals surface area contributed by atoms with Crippen LogP contribution in [0, 0.1) is 24.2 Å². The van der Waals surface area contributed by atoms with E-state index >= 15 is 0 Å². The highest BCUT2D eigenvalue weighted by Gasteiger charge is 2.15. The molecule has 0 saturated heterocycles. The van der Waals surface area contributed by atoms with Gasteiger partial charge in [0.25, 0.3) is 0 Å². The van der Waals surface area contributed by atoms with Gasteiger partial charge in [-0.1, -0.05) is 11.8 Å². The van der Waals surface area contributed by atoms with Crippen molar-refractivity contribution in [3.8, 4) is 17.5 Å². The van der Waals surface area contributed by atoms with Crippen LogP contribution in [0.5, 0.6) is 0 Å². The number of aromatic nitrogens is 3. The number of nitrogens with zero attached hydrogens (tertiary/aromatic N) is 4. The van der Waals surface area contributed by atoms with Gasteiger partial charge in [0, 0.05) is 12.8 Å². The number of rotatable bonds is 4. The summed E-state index contributed by atoms with van der Waals surface area (Å²) < 4.78 is 7.19. The maximum Gasteiger partial charge on any atom is 0.191 e. The molecule has 6 heteroatoms. The Bertz CT molecular complexity index is 581. The molecule has 2 rings (SSSR count). The predicted molar refractivity (Wildman–Crippen MR) is 68.9 cm³/mol. The van der Waals surface area contributed by atoms with E-state index in [4.69, 9.17) is 9.68 Å². The zero-order valence-electron chi connectivity index (χ0n) is 10.5. The normalized spacial score (nSPS) is 12.3. The average Bonchev–Trinajstić information content (AvgIpc) is 2.93. The lowest BCUT2D eigenvalue weighted by atomic mass is 10.2. The van der Waals surface area contributed by atoms with E-state index in [9.17, 15) is 0 Å². The lowest BCUT2D eigenvalue weighted by molar-refractivity contribution is 0.534. The Morgan fingerprint density at radius 1 is 1.56 bits per heavy atom. The summed E-state index contributed by atoms with van der Waals surface area (Å²) in [5.41, 5.74) is 0.949. The van der Waals surface area contributed by atoms with E-state index < -0.39 is 0 Å². The van der Waals surface area contributed by atoms with Gasteiger partial charge < -0.3 is 8.98 Å². The molecule has 0 spiro atoms. The second-order valence-electron chi connectivity index (χ2n) is 4.10. The molecule has 5 nitrogen and oxygen atoms in total. The van der Waals surface area contributed by atoms with Crippen molar-refractivity contribution in [3.63, 3.8) is 0 Å². The van der Waals surface area contributed by atoms with E-state index in [1.807, 2.05) is 31.5 Å². The van der Waals surface area contributed by atoms with Gasteiger partial charge in [0.1, 0.15) is 5.76 Å². The minimum Gasteiger partial charge on any atom is -0.469 e. The highest BCUT2D eigenvalue weighted by molar-refractivity contribution is 7.99. The zero-order valence-corrected chi connectivity index (χ0v) is 11.4. The summed E-state index contributed by atoms with van der Waals surface area (Å²) in [6.45, 7) is 3.79. The number of thioether (sulfide) groups is 1. The van der Waals surface area contributed by atoms with Crippen LogP contribution >= 0.6 is 11.8 Å². The van der Waals surface area contributed by atoms with Crippen LogP contribution in [0.25, 0.3) is 11.4 Å². The Kier molecular flexibility index (Phi) is 3.72.